The second-order valence-corrected chi connectivity index (χ2v) is 6.82. The van der Waals surface area contributed by atoms with Gasteiger partial charge in [0.25, 0.3) is 5.91 Å². The Morgan fingerprint density at radius 1 is 1.31 bits per heavy atom. The lowest BCUT2D eigenvalue weighted by Crippen LogP contribution is -2.30. The van der Waals surface area contributed by atoms with Crippen LogP contribution in [0.5, 0.6) is 0 Å². The van der Waals surface area contributed by atoms with E-state index < -0.39 is 5.97 Å². The molecule has 3 aromatic rings. The van der Waals surface area contributed by atoms with Crippen LogP contribution in [0.1, 0.15) is 21.0 Å². The SMILES string of the molecule is Cc1ccc(C(=O)NCC(=O)OCCCn2cnc3c(N)ncnc32)s1. The number of anilines is 1. The van der Waals surface area contributed by atoms with Gasteiger partial charge < -0.3 is 20.4 Å². The molecular weight excluding hydrogens is 356 g/mol. The lowest BCUT2D eigenvalue weighted by Gasteiger charge is -2.07. The Bertz CT molecular complexity index is 935. The highest BCUT2D eigenvalue weighted by Crippen LogP contribution is 2.15. The maximum absolute atomic E-state index is 11.9. The van der Waals surface area contributed by atoms with Crippen molar-refractivity contribution in [2.24, 2.45) is 0 Å². The zero-order valence-electron chi connectivity index (χ0n) is 14.1. The van der Waals surface area contributed by atoms with Crippen LogP contribution < -0.4 is 11.1 Å². The normalized spacial score (nSPS) is 10.8. The summed E-state index contributed by atoms with van der Waals surface area (Å²) in [6.07, 6.45) is 3.59. The first kappa shape index (κ1) is 17.8. The third kappa shape index (κ3) is 4.14. The molecule has 0 spiro atoms. The largest absolute Gasteiger partial charge is 0.464 e. The van der Waals surface area contributed by atoms with Crippen molar-refractivity contribution in [3.05, 3.63) is 34.5 Å². The minimum absolute atomic E-state index is 0.159. The Labute approximate surface area is 153 Å². The molecule has 1 amide bonds. The van der Waals surface area contributed by atoms with E-state index in [9.17, 15) is 9.59 Å². The molecule has 0 saturated heterocycles. The van der Waals surface area contributed by atoms with Crippen LogP contribution in [0.2, 0.25) is 0 Å². The van der Waals surface area contributed by atoms with Crippen molar-refractivity contribution in [2.75, 3.05) is 18.9 Å². The first-order valence-electron chi connectivity index (χ1n) is 7.96. The monoisotopic (exact) mass is 374 g/mol. The predicted octanol–water partition coefficient (Wildman–Crippen LogP) is 1.14. The standard InChI is InChI=1S/C16H18N6O3S/c1-10-3-4-11(26-10)16(24)18-7-12(23)25-6-2-5-22-9-21-13-14(17)19-8-20-15(13)22/h3-4,8-9H,2,5-7H2,1H3,(H,18,24)(H2,17,19,20). The van der Waals surface area contributed by atoms with Crippen molar-refractivity contribution in [1.82, 2.24) is 24.8 Å². The van der Waals surface area contributed by atoms with Crippen LogP contribution in [-0.2, 0) is 16.1 Å². The number of nitrogens with zero attached hydrogens (tertiary/aromatic N) is 4. The van der Waals surface area contributed by atoms with Gasteiger partial charge in [0.05, 0.1) is 17.8 Å². The third-order valence-corrected chi connectivity index (χ3v) is 4.59. The van der Waals surface area contributed by atoms with Crippen molar-refractivity contribution in [3.63, 3.8) is 0 Å². The van der Waals surface area contributed by atoms with Crippen LogP contribution in [0.25, 0.3) is 11.2 Å². The molecule has 3 heterocycles. The van der Waals surface area contributed by atoms with Gasteiger partial charge in [-0.3, -0.25) is 9.59 Å². The second-order valence-electron chi connectivity index (χ2n) is 5.54. The Morgan fingerprint density at radius 3 is 2.92 bits per heavy atom. The first-order chi connectivity index (χ1) is 12.5. The van der Waals surface area contributed by atoms with Crippen molar-refractivity contribution in [3.8, 4) is 0 Å². The second kappa shape index (κ2) is 7.91. The molecule has 0 fully saturated rings. The van der Waals surface area contributed by atoms with Crippen LogP contribution in [-0.4, -0.2) is 44.5 Å². The summed E-state index contributed by atoms with van der Waals surface area (Å²) in [5.41, 5.74) is 6.93. The molecule has 3 aromatic heterocycles. The van der Waals surface area contributed by atoms with Gasteiger partial charge in [-0.2, -0.15) is 0 Å². The van der Waals surface area contributed by atoms with Crippen molar-refractivity contribution < 1.29 is 14.3 Å². The van der Waals surface area contributed by atoms with Crippen molar-refractivity contribution in [1.29, 1.82) is 0 Å². The number of rotatable bonds is 7. The van der Waals surface area contributed by atoms with Crippen LogP contribution in [0.4, 0.5) is 5.82 Å². The van der Waals surface area contributed by atoms with E-state index in [4.69, 9.17) is 10.5 Å². The molecule has 10 heteroatoms. The number of hydrogen-bond acceptors (Lipinski definition) is 8. The van der Waals surface area contributed by atoms with Gasteiger partial charge in [0, 0.05) is 11.4 Å². The van der Waals surface area contributed by atoms with E-state index in [0.29, 0.717) is 34.8 Å². The lowest BCUT2D eigenvalue weighted by atomic mass is 10.4. The Kier molecular flexibility index (Phi) is 5.42. The smallest absolute Gasteiger partial charge is 0.325 e. The highest BCUT2D eigenvalue weighted by atomic mass is 32.1. The summed E-state index contributed by atoms with van der Waals surface area (Å²) in [7, 11) is 0. The van der Waals surface area contributed by atoms with Gasteiger partial charge >= 0.3 is 5.97 Å². The first-order valence-corrected chi connectivity index (χ1v) is 8.78. The summed E-state index contributed by atoms with van der Waals surface area (Å²) in [4.78, 5) is 37.4. The van der Waals surface area contributed by atoms with E-state index in [1.165, 1.54) is 17.7 Å². The summed E-state index contributed by atoms with van der Waals surface area (Å²) >= 11 is 1.38. The number of nitrogen functional groups attached to an aromatic ring is 1. The number of esters is 1. The minimum atomic E-state index is -0.478. The van der Waals surface area contributed by atoms with Crippen LogP contribution >= 0.6 is 11.3 Å². The maximum atomic E-state index is 11.9. The molecule has 26 heavy (non-hydrogen) atoms. The molecule has 9 nitrogen and oxygen atoms in total. The number of carbonyl (C=O) groups excluding carboxylic acids is 2. The molecular formula is C16H18N6O3S. The number of aryl methyl sites for hydroxylation is 2. The van der Waals surface area contributed by atoms with Gasteiger partial charge in [-0.1, -0.05) is 0 Å². The fourth-order valence-corrected chi connectivity index (χ4v) is 3.11. The maximum Gasteiger partial charge on any atom is 0.325 e. The summed E-state index contributed by atoms with van der Waals surface area (Å²) in [5.74, 6) is -0.423. The summed E-state index contributed by atoms with van der Waals surface area (Å²) < 4.78 is 6.95. The van der Waals surface area contributed by atoms with Crippen LogP contribution in [0.15, 0.2) is 24.8 Å². The van der Waals surface area contributed by atoms with Crippen LogP contribution in [0.3, 0.4) is 0 Å². The van der Waals surface area contributed by atoms with Gasteiger partial charge in [0.2, 0.25) is 0 Å². The number of hydrogen-bond donors (Lipinski definition) is 2. The predicted molar refractivity (Wildman–Crippen MR) is 96.7 cm³/mol. The molecule has 0 aliphatic heterocycles. The number of nitrogens with two attached hydrogens (primary N) is 1. The van der Waals surface area contributed by atoms with E-state index in [1.807, 2.05) is 17.6 Å². The molecule has 0 unspecified atom stereocenters. The number of ether oxygens (including phenoxy) is 1. The number of amides is 1. The number of carbonyl (C=O) groups is 2. The molecule has 3 rings (SSSR count). The summed E-state index contributed by atoms with van der Waals surface area (Å²) in [6, 6.07) is 3.59. The number of aromatic nitrogens is 4. The summed E-state index contributed by atoms with van der Waals surface area (Å²) in [6.45, 7) is 2.56. The van der Waals surface area contributed by atoms with E-state index in [1.54, 1.807) is 12.4 Å². The van der Waals surface area contributed by atoms with Gasteiger partial charge in [-0.05, 0) is 25.5 Å². The summed E-state index contributed by atoms with van der Waals surface area (Å²) in [5, 5.41) is 2.55. The highest BCUT2D eigenvalue weighted by Gasteiger charge is 2.11. The number of thiophene rings is 1. The topological polar surface area (TPSA) is 125 Å². The molecule has 0 bridgehead atoms. The molecule has 0 radical (unpaired) electrons. The Hall–Kier alpha value is -3.01. The third-order valence-electron chi connectivity index (χ3n) is 3.59. The fraction of sp³-hybridized carbons (Fsp3) is 0.312. The molecule has 136 valence electrons. The van der Waals surface area contributed by atoms with Crippen molar-refractivity contribution >= 4 is 40.2 Å². The minimum Gasteiger partial charge on any atom is -0.464 e. The zero-order valence-corrected chi connectivity index (χ0v) is 15.0. The zero-order chi connectivity index (χ0) is 18.5. The van der Waals surface area contributed by atoms with E-state index in [-0.39, 0.29) is 19.1 Å². The number of imidazole rings is 1. The van der Waals surface area contributed by atoms with E-state index in [2.05, 4.69) is 20.3 Å². The fourth-order valence-electron chi connectivity index (χ4n) is 2.33. The Balaban J connectivity index is 1.40. The molecule has 3 N–H and O–H groups in total. The average molecular weight is 374 g/mol. The van der Waals surface area contributed by atoms with Crippen LogP contribution in [0, 0.1) is 6.92 Å². The number of nitrogens with one attached hydrogen (secondary N) is 1. The lowest BCUT2D eigenvalue weighted by molar-refractivity contribution is -0.142. The average Bonchev–Trinajstić information content (AvgIpc) is 3.24. The molecule has 0 atom stereocenters. The number of fused-ring (bicyclic) bond motifs is 1. The van der Waals surface area contributed by atoms with E-state index in [0.717, 1.165) is 4.88 Å². The Morgan fingerprint density at radius 2 is 2.15 bits per heavy atom. The molecule has 0 aliphatic carbocycles. The molecule has 0 aromatic carbocycles. The van der Waals surface area contributed by atoms with Gasteiger partial charge in [0.15, 0.2) is 11.5 Å². The molecule has 0 aliphatic rings. The van der Waals surface area contributed by atoms with Gasteiger partial charge in [0.1, 0.15) is 18.4 Å². The van der Waals surface area contributed by atoms with Crippen molar-refractivity contribution in [2.45, 2.75) is 19.9 Å². The quantitative estimate of drug-likeness (QED) is 0.469. The van der Waals surface area contributed by atoms with E-state index >= 15 is 0 Å². The van der Waals surface area contributed by atoms with Gasteiger partial charge in [-0.25, -0.2) is 15.0 Å². The van der Waals surface area contributed by atoms with Gasteiger partial charge in [-0.15, -0.1) is 11.3 Å². The highest BCUT2D eigenvalue weighted by molar-refractivity contribution is 7.13. The molecule has 0 saturated carbocycles.